The first-order valence-electron chi connectivity index (χ1n) is 5.05. The highest BCUT2D eigenvalue weighted by molar-refractivity contribution is 5.99. The minimum atomic E-state index is -0.587. The van der Waals surface area contributed by atoms with E-state index in [9.17, 15) is 9.59 Å². The number of aliphatic hydroxyl groups excluding tert-OH is 1. The van der Waals surface area contributed by atoms with Gasteiger partial charge in [-0.1, -0.05) is 0 Å². The maximum absolute atomic E-state index is 11.7. The SMILES string of the molecule is CC(=O)c1cc(C(=O)NC[C@@H](C)O)n(C)c1. The van der Waals surface area contributed by atoms with E-state index >= 15 is 0 Å². The molecule has 0 unspecified atom stereocenters. The van der Waals surface area contributed by atoms with Crippen LogP contribution in [0.3, 0.4) is 0 Å². The minimum Gasteiger partial charge on any atom is -0.392 e. The van der Waals surface area contributed by atoms with Gasteiger partial charge in [0.1, 0.15) is 5.69 Å². The molecular formula is C11H16N2O3. The summed E-state index contributed by atoms with van der Waals surface area (Å²) in [4.78, 5) is 22.8. The number of hydrogen-bond acceptors (Lipinski definition) is 3. The maximum Gasteiger partial charge on any atom is 0.268 e. The number of nitrogens with zero attached hydrogens (tertiary/aromatic N) is 1. The number of aryl methyl sites for hydroxylation is 1. The van der Waals surface area contributed by atoms with E-state index in [2.05, 4.69) is 5.32 Å². The molecule has 2 N–H and O–H groups in total. The fourth-order valence-electron chi connectivity index (χ4n) is 1.31. The van der Waals surface area contributed by atoms with Crippen LogP contribution in [0.25, 0.3) is 0 Å². The van der Waals surface area contributed by atoms with Gasteiger partial charge in [0.2, 0.25) is 0 Å². The highest BCUT2D eigenvalue weighted by Gasteiger charge is 2.13. The smallest absolute Gasteiger partial charge is 0.268 e. The topological polar surface area (TPSA) is 71.3 Å². The van der Waals surface area contributed by atoms with Crippen LogP contribution >= 0.6 is 0 Å². The number of rotatable bonds is 4. The van der Waals surface area contributed by atoms with Crippen molar-refractivity contribution in [3.05, 3.63) is 23.5 Å². The van der Waals surface area contributed by atoms with E-state index < -0.39 is 6.10 Å². The van der Waals surface area contributed by atoms with Crippen molar-refractivity contribution in [3.63, 3.8) is 0 Å². The van der Waals surface area contributed by atoms with Gasteiger partial charge in [-0.05, 0) is 19.9 Å². The lowest BCUT2D eigenvalue weighted by atomic mass is 10.2. The summed E-state index contributed by atoms with van der Waals surface area (Å²) in [6.07, 6.45) is 1.02. The molecule has 0 aliphatic carbocycles. The van der Waals surface area contributed by atoms with Crippen LogP contribution in [-0.2, 0) is 7.05 Å². The van der Waals surface area contributed by atoms with E-state index in [1.54, 1.807) is 30.8 Å². The number of ketones is 1. The number of carbonyl (C=O) groups is 2. The molecule has 0 radical (unpaired) electrons. The largest absolute Gasteiger partial charge is 0.392 e. The first-order valence-corrected chi connectivity index (χ1v) is 5.05. The highest BCUT2D eigenvalue weighted by atomic mass is 16.3. The standard InChI is InChI=1S/C11H16N2O3/c1-7(14)5-12-11(16)10-4-9(8(2)15)6-13(10)3/h4,6-7,14H,5H2,1-3H3,(H,12,16)/t7-/m1/s1. The molecule has 5 nitrogen and oxygen atoms in total. The van der Waals surface area contributed by atoms with Crippen molar-refractivity contribution in [2.45, 2.75) is 20.0 Å². The van der Waals surface area contributed by atoms with Gasteiger partial charge in [0.25, 0.3) is 5.91 Å². The number of aromatic nitrogens is 1. The molecule has 0 saturated carbocycles. The molecule has 1 heterocycles. The molecule has 0 spiro atoms. The van der Waals surface area contributed by atoms with E-state index in [1.807, 2.05) is 0 Å². The third-order valence-corrected chi connectivity index (χ3v) is 2.20. The normalized spacial score (nSPS) is 12.2. The van der Waals surface area contributed by atoms with Gasteiger partial charge in [0.15, 0.2) is 5.78 Å². The molecule has 1 amide bonds. The molecule has 0 saturated heterocycles. The molecule has 5 heteroatoms. The first-order chi connectivity index (χ1) is 7.41. The van der Waals surface area contributed by atoms with E-state index in [1.165, 1.54) is 6.92 Å². The number of Topliss-reactive ketones (excluding diaryl/α,β-unsaturated/α-hetero) is 1. The summed E-state index contributed by atoms with van der Waals surface area (Å²) in [5.41, 5.74) is 0.913. The highest BCUT2D eigenvalue weighted by Crippen LogP contribution is 2.07. The summed E-state index contributed by atoms with van der Waals surface area (Å²) in [6, 6.07) is 1.54. The lowest BCUT2D eigenvalue weighted by Crippen LogP contribution is -2.31. The summed E-state index contributed by atoms with van der Waals surface area (Å²) in [5, 5.41) is 11.6. The molecule has 88 valence electrons. The molecule has 0 fully saturated rings. The molecule has 0 aliphatic rings. The molecule has 16 heavy (non-hydrogen) atoms. The van der Waals surface area contributed by atoms with Gasteiger partial charge in [-0.15, -0.1) is 0 Å². The van der Waals surface area contributed by atoms with Gasteiger partial charge < -0.3 is 15.0 Å². The van der Waals surface area contributed by atoms with Crippen molar-refractivity contribution >= 4 is 11.7 Å². The van der Waals surface area contributed by atoms with E-state index in [0.717, 1.165) is 0 Å². The molecule has 0 bridgehead atoms. The van der Waals surface area contributed by atoms with Crippen molar-refractivity contribution in [1.82, 2.24) is 9.88 Å². The zero-order valence-electron chi connectivity index (χ0n) is 9.65. The van der Waals surface area contributed by atoms with Gasteiger partial charge >= 0.3 is 0 Å². The van der Waals surface area contributed by atoms with Crippen LogP contribution in [0.1, 0.15) is 34.7 Å². The van der Waals surface area contributed by atoms with Gasteiger partial charge in [-0.2, -0.15) is 0 Å². The Balaban J connectivity index is 2.79. The Hall–Kier alpha value is -1.62. The summed E-state index contributed by atoms with van der Waals surface area (Å²) in [6.45, 7) is 3.23. The molecule has 1 aromatic heterocycles. The zero-order valence-corrected chi connectivity index (χ0v) is 9.65. The Kier molecular flexibility index (Phi) is 3.84. The van der Waals surface area contributed by atoms with Crippen LogP contribution in [0.4, 0.5) is 0 Å². The third-order valence-electron chi connectivity index (χ3n) is 2.20. The second-order valence-electron chi connectivity index (χ2n) is 3.84. The lowest BCUT2D eigenvalue weighted by Gasteiger charge is -2.07. The molecule has 1 aromatic rings. The molecule has 0 aromatic carbocycles. The average Bonchev–Trinajstić information content (AvgIpc) is 2.57. The van der Waals surface area contributed by atoms with Crippen molar-refractivity contribution in [2.75, 3.05) is 6.54 Å². The first kappa shape index (κ1) is 12.4. The Bertz CT molecular complexity index is 407. The Labute approximate surface area is 94.1 Å². The Morgan fingerprint density at radius 3 is 2.62 bits per heavy atom. The van der Waals surface area contributed by atoms with Crippen LogP contribution in [0.2, 0.25) is 0 Å². The van der Waals surface area contributed by atoms with Crippen LogP contribution in [0.5, 0.6) is 0 Å². The van der Waals surface area contributed by atoms with Crippen molar-refractivity contribution in [2.24, 2.45) is 7.05 Å². The summed E-state index contributed by atoms with van der Waals surface area (Å²) < 4.78 is 1.59. The Morgan fingerprint density at radius 1 is 1.56 bits per heavy atom. The third kappa shape index (κ3) is 2.93. The number of amides is 1. The van der Waals surface area contributed by atoms with Crippen LogP contribution < -0.4 is 5.32 Å². The van der Waals surface area contributed by atoms with Gasteiger partial charge in [-0.3, -0.25) is 9.59 Å². The minimum absolute atomic E-state index is 0.0785. The maximum atomic E-state index is 11.7. The fourth-order valence-corrected chi connectivity index (χ4v) is 1.31. The zero-order chi connectivity index (χ0) is 12.3. The molecular weight excluding hydrogens is 208 g/mol. The van der Waals surface area contributed by atoms with E-state index in [4.69, 9.17) is 5.11 Å². The van der Waals surface area contributed by atoms with Crippen molar-refractivity contribution < 1.29 is 14.7 Å². The second-order valence-corrected chi connectivity index (χ2v) is 3.84. The summed E-state index contributed by atoms with van der Waals surface area (Å²) in [5.74, 6) is -0.374. The van der Waals surface area contributed by atoms with E-state index in [0.29, 0.717) is 11.3 Å². The molecule has 1 rings (SSSR count). The van der Waals surface area contributed by atoms with Gasteiger partial charge in [0.05, 0.1) is 6.10 Å². The number of nitrogens with one attached hydrogen (secondary N) is 1. The van der Waals surface area contributed by atoms with Crippen LogP contribution in [0.15, 0.2) is 12.3 Å². The lowest BCUT2D eigenvalue weighted by molar-refractivity contribution is 0.0916. The number of hydrogen-bond donors (Lipinski definition) is 2. The monoisotopic (exact) mass is 224 g/mol. The summed E-state index contributed by atoms with van der Waals surface area (Å²) >= 11 is 0. The molecule has 1 atom stereocenters. The predicted molar refractivity (Wildman–Crippen MR) is 59.4 cm³/mol. The molecule has 0 aliphatic heterocycles. The van der Waals surface area contributed by atoms with E-state index in [-0.39, 0.29) is 18.2 Å². The number of aliphatic hydroxyl groups is 1. The second kappa shape index (κ2) is 4.94. The fraction of sp³-hybridized carbons (Fsp3) is 0.455. The predicted octanol–water partition coefficient (Wildman–Crippen LogP) is 0.338. The van der Waals surface area contributed by atoms with Gasteiger partial charge in [-0.25, -0.2) is 0 Å². The quantitative estimate of drug-likeness (QED) is 0.724. The van der Waals surface area contributed by atoms with Crippen LogP contribution in [-0.4, -0.2) is 34.0 Å². The average molecular weight is 224 g/mol. The van der Waals surface area contributed by atoms with Crippen molar-refractivity contribution in [3.8, 4) is 0 Å². The van der Waals surface area contributed by atoms with Crippen molar-refractivity contribution in [1.29, 1.82) is 0 Å². The van der Waals surface area contributed by atoms with Crippen LogP contribution in [0, 0.1) is 0 Å². The van der Waals surface area contributed by atoms with Gasteiger partial charge in [0, 0.05) is 25.4 Å². The summed E-state index contributed by atoms with van der Waals surface area (Å²) in [7, 11) is 1.70. The number of carbonyl (C=O) groups excluding carboxylic acids is 2. The Morgan fingerprint density at radius 2 is 2.19 bits per heavy atom.